The van der Waals surface area contributed by atoms with Gasteiger partial charge in [-0.05, 0) is 57.9 Å². The summed E-state index contributed by atoms with van der Waals surface area (Å²) in [5, 5.41) is 0. The molecule has 1 atom stereocenters. The number of rotatable bonds is 4. The third kappa shape index (κ3) is 3.16. The average molecular weight is 329 g/mol. The maximum absolute atomic E-state index is 12.7. The van der Waals surface area contributed by atoms with Crippen LogP contribution in [0.3, 0.4) is 0 Å². The summed E-state index contributed by atoms with van der Waals surface area (Å²) in [6, 6.07) is 7.14. The molecule has 0 radical (unpaired) electrons. The zero-order valence-electron chi connectivity index (χ0n) is 14.4. The van der Waals surface area contributed by atoms with Gasteiger partial charge in [0.15, 0.2) is 5.76 Å². The van der Waals surface area contributed by atoms with Crippen molar-refractivity contribution in [3.8, 4) is 0 Å². The predicted molar refractivity (Wildman–Crippen MR) is 89.1 cm³/mol. The van der Waals surface area contributed by atoms with Crippen molar-refractivity contribution in [1.29, 1.82) is 0 Å². The third-order valence-electron chi connectivity index (χ3n) is 4.33. The number of carbonyl (C=O) groups excluding carboxylic acids is 2. The number of furan rings is 1. The zero-order valence-corrected chi connectivity index (χ0v) is 14.4. The van der Waals surface area contributed by atoms with E-state index in [0.29, 0.717) is 17.2 Å². The summed E-state index contributed by atoms with van der Waals surface area (Å²) in [5.41, 5.74) is 1.44. The van der Waals surface area contributed by atoms with Crippen LogP contribution in [0.5, 0.6) is 0 Å². The first-order valence-electron chi connectivity index (χ1n) is 8.48. The Bertz CT molecular complexity index is 753. The standard InChI is InChI=1S/C19H23NO4/c1-12(2)23-19(22)14-6-4-5-11-20-15(14)8-9-16(20)18(21)17-10-7-13(3)24-17/h7-10,12,14H,4-6,11H2,1-3H3. The molecule has 1 aliphatic rings. The van der Waals surface area contributed by atoms with Crippen LogP contribution >= 0.6 is 0 Å². The monoisotopic (exact) mass is 329 g/mol. The van der Waals surface area contributed by atoms with Crippen LogP contribution in [0.25, 0.3) is 0 Å². The summed E-state index contributed by atoms with van der Waals surface area (Å²) >= 11 is 0. The molecule has 3 heterocycles. The number of ether oxygens (including phenoxy) is 1. The van der Waals surface area contributed by atoms with E-state index < -0.39 is 0 Å². The van der Waals surface area contributed by atoms with Gasteiger partial charge in [0.25, 0.3) is 0 Å². The Labute approximate surface area is 141 Å². The van der Waals surface area contributed by atoms with Crippen LogP contribution < -0.4 is 0 Å². The second kappa shape index (κ2) is 6.67. The number of nitrogens with zero attached hydrogens (tertiary/aromatic N) is 1. The van der Waals surface area contributed by atoms with E-state index in [9.17, 15) is 9.59 Å². The molecular formula is C19H23NO4. The first kappa shape index (κ1) is 16.6. The summed E-state index contributed by atoms with van der Waals surface area (Å²) in [7, 11) is 0. The van der Waals surface area contributed by atoms with Crippen LogP contribution in [0.4, 0.5) is 0 Å². The minimum Gasteiger partial charge on any atom is -0.462 e. The highest BCUT2D eigenvalue weighted by molar-refractivity contribution is 6.06. The number of aromatic nitrogens is 1. The Kier molecular flexibility index (Phi) is 4.60. The van der Waals surface area contributed by atoms with E-state index in [1.807, 2.05) is 31.4 Å². The average Bonchev–Trinajstić information content (AvgIpc) is 3.07. The molecule has 0 spiro atoms. The molecule has 3 rings (SSSR count). The SMILES string of the molecule is Cc1ccc(C(=O)c2ccc3n2CCCCC3C(=O)OC(C)C)o1. The van der Waals surface area contributed by atoms with Crippen molar-refractivity contribution in [2.24, 2.45) is 0 Å². The molecule has 0 bridgehead atoms. The largest absolute Gasteiger partial charge is 0.462 e. The number of hydrogen-bond donors (Lipinski definition) is 0. The first-order valence-corrected chi connectivity index (χ1v) is 8.48. The van der Waals surface area contributed by atoms with Gasteiger partial charge in [-0.2, -0.15) is 0 Å². The molecule has 0 N–H and O–H groups in total. The Morgan fingerprint density at radius 1 is 1.21 bits per heavy atom. The fraction of sp³-hybridized carbons (Fsp3) is 0.474. The maximum Gasteiger partial charge on any atom is 0.315 e. The number of esters is 1. The summed E-state index contributed by atoms with van der Waals surface area (Å²) in [6.07, 6.45) is 2.48. The minimum absolute atomic E-state index is 0.142. The fourth-order valence-corrected chi connectivity index (χ4v) is 3.24. The van der Waals surface area contributed by atoms with Gasteiger partial charge in [0.1, 0.15) is 5.76 Å². The molecule has 0 aromatic carbocycles. The van der Waals surface area contributed by atoms with Gasteiger partial charge in [-0.1, -0.05) is 6.42 Å². The van der Waals surface area contributed by atoms with Crippen molar-refractivity contribution in [3.63, 3.8) is 0 Å². The molecule has 0 fully saturated rings. The second-order valence-corrected chi connectivity index (χ2v) is 6.57. The smallest absolute Gasteiger partial charge is 0.315 e. The number of carbonyl (C=O) groups is 2. The predicted octanol–water partition coefficient (Wildman–Crippen LogP) is 3.84. The van der Waals surface area contributed by atoms with E-state index >= 15 is 0 Å². The van der Waals surface area contributed by atoms with E-state index in [0.717, 1.165) is 31.5 Å². The summed E-state index contributed by atoms with van der Waals surface area (Å²) in [5.74, 6) is 0.374. The quantitative estimate of drug-likeness (QED) is 0.631. The maximum atomic E-state index is 12.7. The molecule has 128 valence electrons. The van der Waals surface area contributed by atoms with Crippen LogP contribution in [0.1, 0.15) is 66.7 Å². The Hall–Kier alpha value is -2.30. The van der Waals surface area contributed by atoms with E-state index in [4.69, 9.17) is 9.15 Å². The molecule has 0 amide bonds. The minimum atomic E-state index is -0.310. The van der Waals surface area contributed by atoms with Crippen molar-refractivity contribution in [1.82, 2.24) is 4.57 Å². The van der Waals surface area contributed by atoms with Crippen molar-refractivity contribution in [2.45, 2.75) is 58.6 Å². The lowest BCUT2D eigenvalue weighted by atomic mass is 10.00. The third-order valence-corrected chi connectivity index (χ3v) is 4.33. The molecule has 5 heteroatoms. The topological polar surface area (TPSA) is 61.4 Å². The van der Waals surface area contributed by atoms with Gasteiger partial charge in [0.05, 0.1) is 17.7 Å². The lowest BCUT2D eigenvalue weighted by Crippen LogP contribution is -2.21. The van der Waals surface area contributed by atoms with Gasteiger partial charge in [-0.25, -0.2) is 0 Å². The van der Waals surface area contributed by atoms with Gasteiger partial charge >= 0.3 is 5.97 Å². The molecule has 0 saturated heterocycles. The second-order valence-electron chi connectivity index (χ2n) is 6.57. The van der Waals surface area contributed by atoms with Crippen LogP contribution in [0, 0.1) is 6.92 Å². The zero-order chi connectivity index (χ0) is 17.3. The van der Waals surface area contributed by atoms with Crippen molar-refractivity contribution >= 4 is 11.8 Å². The van der Waals surface area contributed by atoms with Crippen molar-refractivity contribution in [2.75, 3.05) is 0 Å². The first-order chi connectivity index (χ1) is 11.5. The molecule has 2 aromatic rings. The van der Waals surface area contributed by atoms with Gasteiger partial charge in [-0.3, -0.25) is 9.59 Å². The highest BCUT2D eigenvalue weighted by Gasteiger charge is 2.30. The number of ketones is 1. The Morgan fingerprint density at radius 3 is 2.67 bits per heavy atom. The molecule has 2 aromatic heterocycles. The Balaban J connectivity index is 1.94. The van der Waals surface area contributed by atoms with Gasteiger partial charge in [0, 0.05) is 12.2 Å². The number of fused-ring (bicyclic) bond motifs is 1. The summed E-state index contributed by atoms with van der Waals surface area (Å²) in [4.78, 5) is 25.2. The number of aryl methyl sites for hydroxylation is 1. The molecule has 5 nitrogen and oxygen atoms in total. The van der Waals surface area contributed by atoms with Gasteiger partial charge < -0.3 is 13.7 Å². The summed E-state index contributed by atoms with van der Waals surface area (Å²) in [6.45, 7) is 6.24. The highest BCUT2D eigenvalue weighted by Crippen LogP contribution is 2.31. The molecule has 0 saturated carbocycles. The van der Waals surface area contributed by atoms with Crippen LogP contribution in [-0.4, -0.2) is 22.4 Å². The van der Waals surface area contributed by atoms with Crippen LogP contribution in [0.15, 0.2) is 28.7 Å². The van der Waals surface area contributed by atoms with E-state index in [1.54, 1.807) is 18.2 Å². The normalized spacial score (nSPS) is 17.4. The van der Waals surface area contributed by atoms with E-state index in [1.165, 1.54) is 0 Å². The molecule has 0 aliphatic carbocycles. The van der Waals surface area contributed by atoms with Gasteiger partial charge in [0.2, 0.25) is 5.78 Å². The fourth-order valence-electron chi connectivity index (χ4n) is 3.24. The Morgan fingerprint density at radius 2 is 2.00 bits per heavy atom. The van der Waals surface area contributed by atoms with Crippen LogP contribution in [0.2, 0.25) is 0 Å². The van der Waals surface area contributed by atoms with E-state index in [2.05, 4.69) is 0 Å². The van der Waals surface area contributed by atoms with Crippen molar-refractivity contribution < 1.29 is 18.7 Å². The lowest BCUT2D eigenvalue weighted by molar-refractivity contribution is -0.149. The van der Waals surface area contributed by atoms with Crippen molar-refractivity contribution in [3.05, 3.63) is 47.2 Å². The molecule has 1 unspecified atom stereocenters. The molecular weight excluding hydrogens is 306 g/mol. The van der Waals surface area contributed by atoms with E-state index in [-0.39, 0.29) is 23.8 Å². The number of hydrogen-bond acceptors (Lipinski definition) is 4. The molecule has 1 aliphatic heterocycles. The van der Waals surface area contributed by atoms with Gasteiger partial charge in [-0.15, -0.1) is 0 Å². The van der Waals surface area contributed by atoms with Crippen LogP contribution in [-0.2, 0) is 16.1 Å². The molecule has 24 heavy (non-hydrogen) atoms. The highest BCUT2D eigenvalue weighted by atomic mass is 16.5. The lowest BCUT2D eigenvalue weighted by Gasteiger charge is -2.17. The summed E-state index contributed by atoms with van der Waals surface area (Å²) < 4.78 is 12.8.